The van der Waals surface area contributed by atoms with E-state index in [4.69, 9.17) is 0 Å². The van der Waals surface area contributed by atoms with Gasteiger partial charge >= 0.3 is 0 Å². The maximum Gasteiger partial charge on any atom is 0.0474 e. The van der Waals surface area contributed by atoms with Gasteiger partial charge in [-0.3, -0.25) is 0 Å². The molecule has 0 aromatic rings. The second-order valence-electron chi connectivity index (χ2n) is 5.86. The quantitative estimate of drug-likeness (QED) is 0.738. The summed E-state index contributed by atoms with van der Waals surface area (Å²) in [4.78, 5) is 7.30. The zero-order valence-electron chi connectivity index (χ0n) is 11.3. The van der Waals surface area contributed by atoms with Crippen molar-refractivity contribution in [3.05, 3.63) is 0 Å². The van der Waals surface area contributed by atoms with E-state index in [1.165, 1.54) is 32.6 Å². The molecule has 2 saturated heterocycles. The van der Waals surface area contributed by atoms with Gasteiger partial charge in [0.2, 0.25) is 0 Å². The molecule has 2 fully saturated rings. The van der Waals surface area contributed by atoms with Gasteiger partial charge < -0.3 is 19.8 Å². The third-order valence-electron chi connectivity index (χ3n) is 4.42. The summed E-state index contributed by atoms with van der Waals surface area (Å²) in [5, 5.41) is 9.60. The lowest BCUT2D eigenvalue weighted by atomic mass is 9.91. The second kappa shape index (κ2) is 6.14. The Morgan fingerprint density at radius 2 is 1.76 bits per heavy atom. The number of likely N-dealkylation sites (N-methyl/N-ethyl adjacent to an activating group) is 1. The SMILES string of the molecule is CN1CCN(CC(CO)C2CCN(C)C2)CC1. The van der Waals surface area contributed by atoms with E-state index < -0.39 is 0 Å². The zero-order valence-corrected chi connectivity index (χ0v) is 11.3. The van der Waals surface area contributed by atoms with Gasteiger partial charge in [0.25, 0.3) is 0 Å². The Bertz CT molecular complexity index is 229. The third-order valence-corrected chi connectivity index (χ3v) is 4.42. The van der Waals surface area contributed by atoms with Crippen molar-refractivity contribution < 1.29 is 5.11 Å². The van der Waals surface area contributed by atoms with Crippen LogP contribution in [0.15, 0.2) is 0 Å². The number of aliphatic hydroxyl groups excluding tert-OH is 1. The van der Waals surface area contributed by atoms with Crippen LogP contribution in [-0.4, -0.2) is 86.3 Å². The molecule has 0 aromatic heterocycles. The van der Waals surface area contributed by atoms with E-state index in [-0.39, 0.29) is 0 Å². The molecular formula is C13H27N3O. The van der Waals surface area contributed by atoms with Gasteiger partial charge in [0.15, 0.2) is 0 Å². The third kappa shape index (κ3) is 3.65. The highest BCUT2D eigenvalue weighted by atomic mass is 16.3. The fourth-order valence-corrected chi connectivity index (χ4v) is 3.07. The highest BCUT2D eigenvalue weighted by Gasteiger charge is 2.29. The topological polar surface area (TPSA) is 30.0 Å². The van der Waals surface area contributed by atoms with E-state index >= 15 is 0 Å². The van der Waals surface area contributed by atoms with Gasteiger partial charge in [0.05, 0.1) is 0 Å². The molecule has 0 spiro atoms. The van der Waals surface area contributed by atoms with Gasteiger partial charge in [-0.1, -0.05) is 0 Å². The van der Waals surface area contributed by atoms with Crippen LogP contribution in [0.3, 0.4) is 0 Å². The van der Waals surface area contributed by atoms with Crippen LogP contribution in [0.5, 0.6) is 0 Å². The van der Waals surface area contributed by atoms with Crippen molar-refractivity contribution in [3.8, 4) is 0 Å². The minimum Gasteiger partial charge on any atom is -0.396 e. The highest BCUT2D eigenvalue weighted by molar-refractivity contribution is 4.82. The predicted octanol–water partition coefficient (Wildman–Crippen LogP) is -0.206. The van der Waals surface area contributed by atoms with Crippen LogP contribution in [0.2, 0.25) is 0 Å². The number of hydrogen-bond acceptors (Lipinski definition) is 4. The number of rotatable bonds is 4. The van der Waals surface area contributed by atoms with Crippen LogP contribution in [0.25, 0.3) is 0 Å². The molecular weight excluding hydrogens is 214 g/mol. The van der Waals surface area contributed by atoms with Gasteiger partial charge in [0, 0.05) is 45.9 Å². The van der Waals surface area contributed by atoms with E-state index in [1.807, 2.05) is 0 Å². The van der Waals surface area contributed by atoms with Crippen molar-refractivity contribution >= 4 is 0 Å². The zero-order chi connectivity index (χ0) is 12.3. The Hall–Kier alpha value is -0.160. The van der Waals surface area contributed by atoms with Crippen molar-refractivity contribution in [2.75, 3.05) is 66.5 Å². The fourth-order valence-electron chi connectivity index (χ4n) is 3.07. The Balaban J connectivity index is 1.79. The number of aliphatic hydroxyl groups is 1. The molecule has 4 nitrogen and oxygen atoms in total. The fraction of sp³-hybridized carbons (Fsp3) is 1.00. The molecule has 4 heteroatoms. The summed E-state index contributed by atoms with van der Waals surface area (Å²) in [7, 11) is 4.37. The van der Waals surface area contributed by atoms with Crippen LogP contribution in [0.1, 0.15) is 6.42 Å². The summed E-state index contributed by atoms with van der Waals surface area (Å²) in [5.41, 5.74) is 0. The molecule has 0 aliphatic carbocycles. The van der Waals surface area contributed by atoms with E-state index in [0.717, 1.165) is 19.6 Å². The molecule has 0 aromatic carbocycles. The molecule has 0 amide bonds. The molecule has 2 atom stereocenters. The second-order valence-corrected chi connectivity index (χ2v) is 5.86. The van der Waals surface area contributed by atoms with Crippen LogP contribution in [0, 0.1) is 11.8 Å². The first-order valence-electron chi connectivity index (χ1n) is 6.89. The molecule has 100 valence electrons. The first-order chi connectivity index (χ1) is 8.19. The molecule has 2 rings (SSSR count). The average molecular weight is 241 g/mol. The minimum atomic E-state index is 0.352. The first kappa shape index (κ1) is 13.3. The van der Waals surface area contributed by atoms with Crippen LogP contribution >= 0.6 is 0 Å². The van der Waals surface area contributed by atoms with E-state index in [2.05, 4.69) is 28.8 Å². The van der Waals surface area contributed by atoms with Crippen molar-refractivity contribution in [2.45, 2.75) is 6.42 Å². The number of nitrogens with zero attached hydrogens (tertiary/aromatic N) is 3. The monoisotopic (exact) mass is 241 g/mol. The van der Waals surface area contributed by atoms with Gasteiger partial charge in [-0.2, -0.15) is 0 Å². The lowest BCUT2D eigenvalue weighted by Gasteiger charge is -2.35. The highest BCUT2D eigenvalue weighted by Crippen LogP contribution is 2.24. The standard InChI is InChI=1S/C13H27N3O/c1-14-5-7-16(8-6-14)10-13(11-17)12-3-4-15(2)9-12/h12-13,17H,3-11H2,1-2H3. The van der Waals surface area contributed by atoms with Crippen molar-refractivity contribution in [1.29, 1.82) is 0 Å². The smallest absolute Gasteiger partial charge is 0.0474 e. The summed E-state index contributed by atoms with van der Waals surface area (Å²) in [6.45, 7) is 8.47. The van der Waals surface area contributed by atoms with Crippen LogP contribution in [-0.2, 0) is 0 Å². The van der Waals surface area contributed by atoms with E-state index in [9.17, 15) is 5.11 Å². The first-order valence-corrected chi connectivity index (χ1v) is 6.89. The largest absolute Gasteiger partial charge is 0.396 e. The van der Waals surface area contributed by atoms with Gasteiger partial charge in [-0.25, -0.2) is 0 Å². The maximum absolute atomic E-state index is 9.60. The minimum absolute atomic E-state index is 0.352. The Labute approximate surface area is 105 Å². The lowest BCUT2D eigenvalue weighted by Crippen LogP contribution is -2.47. The Morgan fingerprint density at radius 3 is 2.29 bits per heavy atom. The molecule has 2 unspecified atom stereocenters. The van der Waals surface area contributed by atoms with E-state index in [1.54, 1.807) is 0 Å². The summed E-state index contributed by atoms with van der Waals surface area (Å²) in [5.74, 6) is 1.17. The van der Waals surface area contributed by atoms with Gasteiger partial charge in [-0.05, 0) is 38.9 Å². The van der Waals surface area contributed by atoms with E-state index in [0.29, 0.717) is 18.4 Å². The van der Waals surface area contributed by atoms with Crippen molar-refractivity contribution in [1.82, 2.24) is 14.7 Å². The maximum atomic E-state index is 9.60. The van der Waals surface area contributed by atoms with Crippen LogP contribution in [0.4, 0.5) is 0 Å². The number of hydrogen-bond donors (Lipinski definition) is 1. The number of likely N-dealkylation sites (tertiary alicyclic amines) is 1. The number of piperazine rings is 1. The summed E-state index contributed by atoms with van der Waals surface area (Å²) in [6.07, 6.45) is 1.26. The molecule has 0 saturated carbocycles. The van der Waals surface area contributed by atoms with Gasteiger partial charge in [0.1, 0.15) is 0 Å². The predicted molar refractivity (Wildman–Crippen MR) is 70.1 cm³/mol. The summed E-state index contributed by atoms with van der Waals surface area (Å²) in [6, 6.07) is 0. The van der Waals surface area contributed by atoms with Crippen molar-refractivity contribution in [2.24, 2.45) is 11.8 Å². The molecule has 2 heterocycles. The summed E-state index contributed by atoms with van der Waals surface area (Å²) < 4.78 is 0. The molecule has 2 aliphatic rings. The van der Waals surface area contributed by atoms with Crippen molar-refractivity contribution in [3.63, 3.8) is 0 Å². The molecule has 0 bridgehead atoms. The van der Waals surface area contributed by atoms with Gasteiger partial charge in [-0.15, -0.1) is 0 Å². The Morgan fingerprint density at radius 1 is 1.06 bits per heavy atom. The molecule has 17 heavy (non-hydrogen) atoms. The average Bonchev–Trinajstić information content (AvgIpc) is 2.75. The normalized spacial score (nSPS) is 30.9. The Kier molecular flexibility index (Phi) is 4.79. The summed E-state index contributed by atoms with van der Waals surface area (Å²) >= 11 is 0. The molecule has 1 N–H and O–H groups in total. The lowest BCUT2D eigenvalue weighted by molar-refractivity contribution is 0.0902. The molecule has 0 radical (unpaired) electrons. The molecule has 2 aliphatic heterocycles. The van der Waals surface area contributed by atoms with Crippen LogP contribution < -0.4 is 0 Å².